The second kappa shape index (κ2) is 7.87. The first-order chi connectivity index (χ1) is 15.2. The van der Waals surface area contributed by atoms with Crippen LogP contribution in [0.2, 0.25) is 0 Å². The molecule has 5 rings (SSSR count). The predicted octanol–water partition coefficient (Wildman–Crippen LogP) is 4.95. The lowest BCUT2D eigenvalue weighted by Gasteiger charge is -2.38. The second-order valence-corrected chi connectivity index (χ2v) is 7.50. The van der Waals surface area contributed by atoms with E-state index in [4.69, 9.17) is 24.0 Å². The molecule has 0 fully saturated rings. The van der Waals surface area contributed by atoms with Gasteiger partial charge in [0.1, 0.15) is 11.5 Å². The van der Waals surface area contributed by atoms with Crippen LogP contribution in [0.4, 0.5) is 0 Å². The normalized spacial score (nSPS) is 19.1. The van der Waals surface area contributed by atoms with E-state index in [9.17, 15) is 0 Å². The topological polar surface area (TPSA) is 52.5 Å². The molecule has 0 radical (unpaired) electrons. The van der Waals surface area contributed by atoms with Crippen LogP contribution in [0.25, 0.3) is 0 Å². The van der Waals surface area contributed by atoms with Crippen molar-refractivity contribution in [3.63, 3.8) is 0 Å². The molecule has 0 amide bonds. The maximum absolute atomic E-state index is 6.46. The maximum Gasteiger partial charge on any atom is 0.214 e. The van der Waals surface area contributed by atoms with Gasteiger partial charge in [-0.1, -0.05) is 30.3 Å². The van der Waals surface area contributed by atoms with E-state index in [1.54, 1.807) is 21.3 Å². The molecule has 2 heterocycles. The standard InChI is InChI=1S/C25H24N2O4/c1-28-18-10-12-22-19(14-18)21-15-20(16-7-5-4-6-8-16)26-27(21)25(31-22)17-9-11-23(29-2)24(13-17)30-3/h4-14,21,25H,15H2,1-3H3/t21-,25+/m0/s1. The maximum atomic E-state index is 6.46. The van der Waals surface area contributed by atoms with Gasteiger partial charge in [-0.2, -0.15) is 5.10 Å². The van der Waals surface area contributed by atoms with E-state index in [2.05, 4.69) is 12.1 Å². The lowest BCUT2D eigenvalue weighted by Crippen LogP contribution is -2.33. The summed E-state index contributed by atoms with van der Waals surface area (Å²) in [6.45, 7) is 0. The molecule has 2 aliphatic heterocycles. The van der Waals surface area contributed by atoms with Gasteiger partial charge >= 0.3 is 0 Å². The summed E-state index contributed by atoms with van der Waals surface area (Å²) in [6.07, 6.45) is 0.407. The number of hydrazone groups is 1. The molecule has 158 valence electrons. The summed E-state index contributed by atoms with van der Waals surface area (Å²) in [7, 11) is 4.94. The van der Waals surface area contributed by atoms with Crippen molar-refractivity contribution in [3.05, 3.63) is 83.4 Å². The molecule has 2 aliphatic rings. The van der Waals surface area contributed by atoms with Crippen molar-refractivity contribution in [2.45, 2.75) is 18.7 Å². The van der Waals surface area contributed by atoms with Crippen LogP contribution in [-0.4, -0.2) is 32.0 Å². The molecule has 0 bridgehead atoms. The van der Waals surface area contributed by atoms with Crippen LogP contribution in [0, 0.1) is 0 Å². The summed E-state index contributed by atoms with van der Waals surface area (Å²) in [4.78, 5) is 0. The van der Waals surface area contributed by atoms with Crippen LogP contribution in [0.5, 0.6) is 23.0 Å². The molecule has 6 heteroatoms. The van der Waals surface area contributed by atoms with Crippen molar-refractivity contribution in [2.24, 2.45) is 5.10 Å². The highest BCUT2D eigenvalue weighted by molar-refractivity contribution is 6.01. The van der Waals surface area contributed by atoms with Gasteiger partial charge in [0.15, 0.2) is 11.5 Å². The third kappa shape index (κ3) is 3.34. The van der Waals surface area contributed by atoms with Crippen molar-refractivity contribution in [3.8, 4) is 23.0 Å². The van der Waals surface area contributed by atoms with Gasteiger partial charge in [0.2, 0.25) is 6.23 Å². The van der Waals surface area contributed by atoms with Gasteiger partial charge in [-0.25, -0.2) is 5.01 Å². The highest BCUT2D eigenvalue weighted by Gasteiger charge is 2.41. The minimum atomic E-state index is -0.382. The summed E-state index contributed by atoms with van der Waals surface area (Å²) < 4.78 is 22.8. The highest BCUT2D eigenvalue weighted by Crippen LogP contribution is 2.49. The Morgan fingerprint density at radius 1 is 0.871 bits per heavy atom. The Hall–Kier alpha value is -3.67. The zero-order valence-corrected chi connectivity index (χ0v) is 17.7. The molecular weight excluding hydrogens is 392 g/mol. The monoisotopic (exact) mass is 416 g/mol. The Morgan fingerprint density at radius 2 is 1.68 bits per heavy atom. The van der Waals surface area contributed by atoms with Gasteiger partial charge in [0.25, 0.3) is 0 Å². The molecule has 0 aliphatic carbocycles. The zero-order chi connectivity index (χ0) is 21.4. The Bertz CT molecular complexity index is 1130. The van der Waals surface area contributed by atoms with Crippen LogP contribution in [-0.2, 0) is 0 Å². The first-order valence-corrected chi connectivity index (χ1v) is 10.2. The number of fused-ring (bicyclic) bond motifs is 3. The van der Waals surface area contributed by atoms with E-state index >= 15 is 0 Å². The average Bonchev–Trinajstić information content (AvgIpc) is 3.29. The molecule has 6 nitrogen and oxygen atoms in total. The SMILES string of the molecule is COc1ccc2c(c1)[C@@H]1CC(c3ccccc3)=NN1[C@@H](c1ccc(OC)c(OC)c1)O2. The molecule has 2 atom stereocenters. The van der Waals surface area contributed by atoms with Crippen molar-refractivity contribution in [2.75, 3.05) is 21.3 Å². The average molecular weight is 416 g/mol. The minimum Gasteiger partial charge on any atom is -0.497 e. The van der Waals surface area contributed by atoms with Crippen LogP contribution in [0.1, 0.15) is 35.4 Å². The number of methoxy groups -OCH3 is 3. The van der Waals surface area contributed by atoms with Gasteiger partial charge in [-0.15, -0.1) is 0 Å². The number of hydrogen-bond acceptors (Lipinski definition) is 6. The van der Waals surface area contributed by atoms with E-state index in [1.165, 1.54) is 0 Å². The Labute approximate surface area is 181 Å². The molecule has 31 heavy (non-hydrogen) atoms. The van der Waals surface area contributed by atoms with Crippen LogP contribution in [0.15, 0.2) is 71.8 Å². The first-order valence-electron chi connectivity index (χ1n) is 10.2. The number of rotatable bonds is 5. The first kappa shape index (κ1) is 19.3. The Balaban J connectivity index is 1.60. The zero-order valence-electron chi connectivity index (χ0n) is 17.7. The fourth-order valence-electron chi connectivity index (χ4n) is 4.22. The van der Waals surface area contributed by atoms with Crippen LogP contribution >= 0.6 is 0 Å². The fraction of sp³-hybridized carbons (Fsp3) is 0.240. The Morgan fingerprint density at radius 3 is 2.42 bits per heavy atom. The molecule has 0 saturated carbocycles. The number of ether oxygens (including phenoxy) is 4. The van der Waals surface area contributed by atoms with E-state index in [0.29, 0.717) is 11.5 Å². The second-order valence-electron chi connectivity index (χ2n) is 7.50. The number of hydrogen-bond donors (Lipinski definition) is 0. The van der Waals surface area contributed by atoms with E-state index < -0.39 is 0 Å². The summed E-state index contributed by atoms with van der Waals surface area (Å²) >= 11 is 0. The summed E-state index contributed by atoms with van der Waals surface area (Å²) in [5.74, 6) is 2.98. The fourth-order valence-corrected chi connectivity index (χ4v) is 4.22. The van der Waals surface area contributed by atoms with Gasteiger partial charge in [-0.3, -0.25) is 0 Å². The van der Waals surface area contributed by atoms with Crippen molar-refractivity contribution < 1.29 is 18.9 Å². The molecule has 3 aromatic carbocycles. The van der Waals surface area contributed by atoms with Gasteiger partial charge in [-0.05, 0) is 42.0 Å². The predicted molar refractivity (Wildman–Crippen MR) is 118 cm³/mol. The van der Waals surface area contributed by atoms with Gasteiger partial charge < -0.3 is 18.9 Å². The smallest absolute Gasteiger partial charge is 0.214 e. The Kier molecular flexibility index (Phi) is 4.90. The number of benzene rings is 3. The molecule has 0 N–H and O–H groups in total. The van der Waals surface area contributed by atoms with Crippen LogP contribution in [0.3, 0.4) is 0 Å². The molecule has 3 aromatic rings. The largest absolute Gasteiger partial charge is 0.497 e. The van der Waals surface area contributed by atoms with Crippen molar-refractivity contribution in [1.82, 2.24) is 5.01 Å². The van der Waals surface area contributed by atoms with Gasteiger partial charge in [0, 0.05) is 17.5 Å². The van der Waals surface area contributed by atoms with Gasteiger partial charge in [0.05, 0.1) is 33.1 Å². The molecular formula is C25H24N2O4. The van der Waals surface area contributed by atoms with Crippen LogP contribution < -0.4 is 18.9 Å². The quantitative estimate of drug-likeness (QED) is 0.589. The van der Waals surface area contributed by atoms with E-state index in [-0.39, 0.29) is 12.3 Å². The summed E-state index contributed by atoms with van der Waals surface area (Å²) in [5.41, 5.74) is 4.18. The summed E-state index contributed by atoms with van der Waals surface area (Å²) in [5, 5.41) is 7.05. The minimum absolute atomic E-state index is 0.0483. The molecule has 0 spiro atoms. The van der Waals surface area contributed by atoms with E-state index in [0.717, 1.165) is 40.3 Å². The number of nitrogens with zero attached hydrogens (tertiary/aromatic N) is 2. The molecule has 0 aromatic heterocycles. The summed E-state index contributed by atoms with van der Waals surface area (Å²) in [6, 6.07) is 22.1. The highest BCUT2D eigenvalue weighted by atomic mass is 16.5. The molecule has 0 unspecified atom stereocenters. The third-order valence-corrected chi connectivity index (χ3v) is 5.80. The lowest BCUT2D eigenvalue weighted by atomic mass is 9.95. The van der Waals surface area contributed by atoms with E-state index in [1.807, 2.05) is 59.6 Å². The van der Waals surface area contributed by atoms with Crippen molar-refractivity contribution >= 4 is 5.71 Å². The third-order valence-electron chi connectivity index (χ3n) is 5.80. The molecule has 0 saturated heterocycles. The lowest BCUT2D eigenvalue weighted by molar-refractivity contribution is -0.0193. The van der Waals surface area contributed by atoms with Crippen molar-refractivity contribution in [1.29, 1.82) is 0 Å².